The van der Waals surface area contributed by atoms with E-state index in [1.165, 1.54) is 10.9 Å². The number of nitrogens with zero attached hydrogens (tertiary/aromatic N) is 4. The maximum Gasteiger partial charge on any atom is 0.339 e. The summed E-state index contributed by atoms with van der Waals surface area (Å²) in [4.78, 5) is 10.9. The standard InChI is InChI=1S/C10H10N4O2/c1-2-8-7(10(15)16)6-12-14(8)9-4-3-5-11-13-9/h3-6H,2H2,1H3,(H,15,16). The van der Waals surface area contributed by atoms with Crippen molar-refractivity contribution in [2.75, 3.05) is 0 Å². The average Bonchev–Trinajstić information content (AvgIpc) is 2.73. The summed E-state index contributed by atoms with van der Waals surface area (Å²) in [6, 6.07) is 3.45. The van der Waals surface area contributed by atoms with E-state index in [-0.39, 0.29) is 5.56 Å². The lowest BCUT2D eigenvalue weighted by Gasteiger charge is -2.03. The number of aromatic carboxylic acids is 1. The fourth-order valence-electron chi connectivity index (χ4n) is 1.50. The van der Waals surface area contributed by atoms with Crippen LogP contribution in [0.25, 0.3) is 5.82 Å². The second kappa shape index (κ2) is 4.09. The Morgan fingerprint density at radius 2 is 2.38 bits per heavy atom. The molecule has 6 heteroatoms. The van der Waals surface area contributed by atoms with E-state index in [2.05, 4.69) is 15.3 Å². The zero-order valence-electron chi connectivity index (χ0n) is 8.66. The lowest BCUT2D eigenvalue weighted by molar-refractivity contribution is 0.0695. The van der Waals surface area contributed by atoms with E-state index < -0.39 is 5.97 Å². The second-order valence-corrected chi connectivity index (χ2v) is 3.16. The number of carbonyl (C=O) groups is 1. The molecular formula is C10H10N4O2. The van der Waals surface area contributed by atoms with E-state index in [1.807, 2.05) is 6.92 Å². The van der Waals surface area contributed by atoms with Gasteiger partial charge in [0.05, 0.1) is 11.9 Å². The number of hydrogen-bond acceptors (Lipinski definition) is 4. The molecule has 16 heavy (non-hydrogen) atoms. The Kier molecular flexibility index (Phi) is 2.63. The van der Waals surface area contributed by atoms with Gasteiger partial charge in [-0.2, -0.15) is 10.2 Å². The Balaban J connectivity index is 2.54. The first-order valence-corrected chi connectivity index (χ1v) is 4.82. The largest absolute Gasteiger partial charge is 0.478 e. The Hall–Kier alpha value is -2.24. The van der Waals surface area contributed by atoms with Crippen LogP contribution in [0.15, 0.2) is 24.5 Å². The van der Waals surface area contributed by atoms with Crippen LogP contribution in [0.3, 0.4) is 0 Å². The van der Waals surface area contributed by atoms with Gasteiger partial charge in [0.15, 0.2) is 5.82 Å². The maximum absolute atomic E-state index is 10.9. The third-order valence-corrected chi connectivity index (χ3v) is 2.21. The first kappa shape index (κ1) is 10.3. The van der Waals surface area contributed by atoms with Crippen molar-refractivity contribution in [1.82, 2.24) is 20.0 Å². The summed E-state index contributed by atoms with van der Waals surface area (Å²) in [5.74, 6) is -0.459. The summed E-state index contributed by atoms with van der Waals surface area (Å²) < 4.78 is 1.50. The highest BCUT2D eigenvalue weighted by molar-refractivity contribution is 5.88. The van der Waals surface area contributed by atoms with Gasteiger partial charge in [0.1, 0.15) is 5.56 Å². The minimum Gasteiger partial charge on any atom is -0.478 e. The van der Waals surface area contributed by atoms with Gasteiger partial charge in [-0.15, -0.1) is 5.10 Å². The summed E-state index contributed by atoms with van der Waals surface area (Å²) >= 11 is 0. The van der Waals surface area contributed by atoms with Gasteiger partial charge in [-0.1, -0.05) is 6.92 Å². The van der Waals surface area contributed by atoms with Gasteiger partial charge < -0.3 is 5.11 Å². The van der Waals surface area contributed by atoms with Crippen LogP contribution in [0, 0.1) is 0 Å². The molecule has 2 heterocycles. The van der Waals surface area contributed by atoms with Gasteiger partial charge in [0.2, 0.25) is 0 Å². The van der Waals surface area contributed by atoms with E-state index in [1.54, 1.807) is 18.3 Å². The molecule has 0 saturated heterocycles. The van der Waals surface area contributed by atoms with Crippen LogP contribution in [0.5, 0.6) is 0 Å². The molecule has 0 radical (unpaired) electrons. The molecule has 0 saturated carbocycles. The van der Waals surface area contributed by atoms with Crippen molar-refractivity contribution in [1.29, 1.82) is 0 Å². The molecule has 1 N–H and O–H groups in total. The highest BCUT2D eigenvalue weighted by Crippen LogP contribution is 2.13. The number of rotatable bonds is 3. The Morgan fingerprint density at radius 3 is 2.94 bits per heavy atom. The van der Waals surface area contributed by atoms with Crippen LogP contribution in [0.2, 0.25) is 0 Å². The summed E-state index contributed by atoms with van der Waals surface area (Å²) in [7, 11) is 0. The van der Waals surface area contributed by atoms with Gasteiger partial charge in [0.25, 0.3) is 0 Å². The van der Waals surface area contributed by atoms with Crippen molar-refractivity contribution >= 4 is 5.97 Å². The molecule has 6 nitrogen and oxygen atoms in total. The molecule has 0 aromatic carbocycles. The molecule has 0 aliphatic heterocycles. The Morgan fingerprint density at radius 1 is 1.56 bits per heavy atom. The van der Waals surface area contributed by atoms with Crippen LogP contribution in [0.4, 0.5) is 0 Å². The maximum atomic E-state index is 10.9. The van der Waals surface area contributed by atoms with Crippen LogP contribution in [-0.2, 0) is 6.42 Å². The lowest BCUT2D eigenvalue weighted by atomic mass is 10.2. The normalized spacial score (nSPS) is 10.3. The highest BCUT2D eigenvalue weighted by Gasteiger charge is 2.16. The molecule has 0 aliphatic carbocycles. The lowest BCUT2D eigenvalue weighted by Crippen LogP contribution is -2.07. The van der Waals surface area contributed by atoms with Crippen molar-refractivity contribution in [2.24, 2.45) is 0 Å². The summed E-state index contributed by atoms with van der Waals surface area (Å²) in [6.07, 6.45) is 3.45. The molecule has 0 bridgehead atoms. The van der Waals surface area contributed by atoms with Crippen molar-refractivity contribution in [3.05, 3.63) is 35.8 Å². The highest BCUT2D eigenvalue weighted by atomic mass is 16.4. The van der Waals surface area contributed by atoms with Crippen molar-refractivity contribution in [3.8, 4) is 5.82 Å². The monoisotopic (exact) mass is 218 g/mol. The van der Waals surface area contributed by atoms with Crippen LogP contribution >= 0.6 is 0 Å². The minimum absolute atomic E-state index is 0.202. The Bertz CT molecular complexity index is 507. The molecule has 82 valence electrons. The predicted octanol–water partition coefficient (Wildman–Crippen LogP) is 0.923. The van der Waals surface area contributed by atoms with Gasteiger partial charge in [-0.25, -0.2) is 9.48 Å². The van der Waals surface area contributed by atoms with Gasteiger partial charge in [0, 0.05) is 6.20 Å². The minimum atomic E-state index is -0.980. The summed E-state index contributed by atoms with van der Waals surface area (Å²) in [5, 5.41) is 20.6. The number of hydrogen-bond donors (Lipinski definition) is 1. The SMILES string of the molecule is CCc1c(C(=O)O)cnn1-c1cccnn1. The third kappa shape index (κ3) is 1.65. The van der Waals surface area contributed by atoms with Gasteiger partial charge >= 0.3 is 5.97 Å². The molecular weight excluding hydrogens is 208 g/mol. The molecule has 2 aromatic heterocycles. The first-order chi connectivity index (χ1) is 7.74. The molecule has 0 aliphatic rings. The molecule has 0 fully saturated rings. The zero-order chi connectivity index (χ0) is 11.5. The number of carboxylic acids is 1. The van der Waals surface area contributed by atoms with Crippen molar-refractivity contribution in [3.63, 3.8) is 0 Å². The summed E-state index contributed by atoms with van der Waals surface area (Å²) in [5.41, 5.74) is 0.821. The van der Waals surface area contributed by atoms with Gasteiger partial charge in [-0.05, 0) is 18.6 Å². The fourth-order valence-corrected chi connectivity index (χ4v) is 1.50. The van der Waals surface area contributed by atoms with E-state index in [4.69, 9.17) is 5.11 Å². The molecule has 0 atom stereocenters. The van der Waals surface area contributed by atoms with Crippen LogP contribution in [0.1, 0.15) is 23.0 Å². The summed E-state index contributed by atoms with van der Waals surface area (Å²) in [6.45, 7) is 1.87. The van der Waals surface area contributed by atoms with E-state index in [0.717, 1.165) is 0 Å². The van der Waals surface area contributed by atoms with Crippen molar-refractivity contribution in [2.45, 2.75) is 13.3 Å². The molecule has 0 amide bonds. The topological polar surface area (TPSA) is 80.9 Å². The van der Waals surface area contributed by atoms with E-state index in [0.29, 0.717) is 17.9 Å². The molecule has 2 rings (SSSR count). The van der Waals surface area contributed by atoms with E-state index in [9.17, 15) is 4.79 Å². The number of carboxylic acid groups (broad SMARTS) is 1. The molecule has 2 aromatic rings. The van der Waals surface area contributed by atoms with Crippen LogP contribution in [-0.4, -0.2) is 31.1 Å². The molecule has 0 spiro atoms. The third-order valence-electron chi connectivity index (χ3n) is 2.21. The molecule has 0 unspecified atom stereocenters. The number of aromatic nitrogens is 4. The smallest absolute Gasteiger partial charge is 0.339 e. The average molecular weight is 218 g/mol. The van der Waals surface area contributed by atoms with Crippen molar-refractivity contribution < 1.29 is 9.90 Å². The second-order valence-electron chi connectivity index (χ2n) is 3.16. The van der Waals surface area contributed by atoms with E-state index >= 15 is 0 Å². The van der Waals surface area contributed by atoms with Crippen LogP contribution < -0.4 is 0 Å². The first-order valence-electron chi connectivity index (χ1n) is 4.82. The van der Waals surface area contributed by atoms with Gasteiger partial charge in [-0.3, -0.25) is 0 Å². The Labute approximate surface area is 91.6 Å². The predicted molar refractivity (Wildman–Crippen MR) is 55.5 cm³/mol. The zero-order valence-corrected chi connectivity index (χ0v) is 8.66. The quantitative estimate of drug-likeness (QED) is 0.828. The fraction of sp³-hybridized carbons (Fsp3) is 0.200.